The molecule has 6 heteroatoms. The minimum Gasteiger partial charge on any atom is -0.507 e. The van der Waals surface area contributed by atoms with Gasteiger partial charge < -0.3 is 15.2 Å². The van der Waals surface area contributed by atoms with Gasteiger partial charge in [-0.15, -0.1) is 0 Å². The van der Waals surface area contributed by atoms with Crippen LogP contribution in [0.3, 0.4) is 0 Å². The van der Waals surface area contributed by atoms with Crippen molar-refractivity contribution >= 4 is 18.2 Å². The molecule has 2 aromatic carbocycles. The van der Waals surface area contributed by atoms with Gasteiger partial charge in [0.1, 0.15) is 24.7 Å². The van der Waals surface area contributed by atoms with Gasteiger partial charge in [0, 0.05) is 5.56 Å². The van der Waals surface area contributed by atoms with E-state index in [1.807, 2.05) is 44.2 Å². The predicted octanol–water partition coefficient (Wildman–Crippen LogP) is 3.09. The standard InChI is InChI=1S/C21H23NO5/c1-14(2)10-18(21(26)27-13-15-6-4-3-5-7-15)22-20(25)17-11-16(12-23)8-9-19(17)24/h3-9,11-12,14,18,24H,10,13H2,1-2H3,(H,22,25)/t18-/m0/s1. The zero-order chi connectivity index (χ0) is 19.8. The molecule has 6 nitrogen and oxygen atoms in total. The van der Waals surface area contributed by atoms with Crippen molar-refractivity contribution in [3.63, 3.8) is 0 Å². The summed E-state index contributed by atoms with van der Waals surface area (Å²) < 4.78 is 5.33. The number of carbonyl (C=O) groups excluding carboxylic acids is 3. The van der Waals surface area contributed by atoms with Gasteiger partial charge in [0.15, 0.2) is 0 Å². The fourth-order valence-corrected chi connectivity index (χ4v) is 2.56. The van der Waals surface area contributed by atoms with Gasteiger partial charge in [0.2, 0.25) is 0 Å². The number of rotatable bonds is 8. The summed E-state index contributed by atoms with van der Waals surface area (Å²) >= 11 is 0. The lowest BCUT2D eigenvalue weighted by molar-refractivity contribution is -0.147. The number of hydrogen-bond donors (Lipinski definition) is 2. The Morgan fingerprint density at radius 1 is 1.15 bits per heavy atom. The smallest absolute Gasteiger partial charge is 0.328 e. The molecular formula is C21H23NO5. The first-order chi connectivity index (χ1) is 12.9. The Morgan fingerprint density at radius 3 is 2.48 bits per heavy atom. The molecule has 1 amide bonds. The minimum absolute atomic E-state index is 0.0655. The highest BCUT2D eigenvalue weighted by Crippen LogP contribution is 2.19. The SMILES string of the molecule is CC(C)C[C@H](NC(=O)c1cc(C=O)ccc1O)C(=O)OCc1ccccc1. The maximum Gasteiger partial charge on any atom is 0.328 e. The molecule has 0 radical (unpaired) electrons. The first-order valence-electron chi connectivity index (χ1n) is 8.70. The Bertz CT molecular complexity index is 801. The van der Waals surface area contributed by atoms with E-state index in [1.165, 1.54) is 18.2 Å². The lowest BCUT2D eigenvalue weighted by Gasteiger charge is -2.20. The number of amides is 1. The van der Waals surface area contributed by atoms with Crippen LogP contribution in [0.2, 0.25) is 0 Å². The topological polar surface area (TPSA) is 92.7 Å². The molecule has 0 aliphatic carbocycles. The maximum atomic E-state index is 12.5. The van der Waals surface area contributed by atoms with Gasteiger partial charge >= 0.3 is 5.97 Å². The van der Waals surface area contributed by atoms with Crippen LogP contribution >= 0.6 is 0 Å². The van der Waals surface area contributed by atoms with E-state index in [0.717, 1.165) is 5.56 Å². The van der Waals surface area contributed by atoms with Crippen molar-refractivity contribution in [2.75, 3.05) is 0 Å². The number of nitrogens with one attached hydrogen (secondary N) is 1. The Morgan fingerprint density at radius 2 is 1.85 bits per heavy atom. The molecule has 0 saturated carbocycles. The Labute approximate surface area is 158 Å². The molecule has 0 aliphatic rings. The van der Waals surface area contributed by atoms with E-state index in [0.29, 0.717) is 12.7 Å². The van der Waals surface area contributed by atoms with E-state index in [1.54, 1.807) is 0 Å². The normalized spacial score (nSPS) is 11.7. The summed E-state index contributed by atoms with van der Waals surface area (Å²) in [6, 6.07) is 12.3. The van der Waals surface area contributed by atoms with Crippen molar-refractivity contribution in [1.29, 1.82) is 0 Å². The van der Waals surface area contributed by atoms with Crippen LogP contribution in [0.15, 0.2) is 48.5 Å². The fourth-order valence-electron chi connectivity index (χ4n) is 2.56. The summed E-state index contributed by atoms with van der Waals surface area (Å²) in [6.07, 6.45) is 0.962. The number of ether oxygens (including phenoxy) is 1. The molecule has 2 rings (SSSR count). The van der Waals surface area contributed by atoms with E-state index in [4.69, 9.17) is 4.74 Å². The molecule has 0 aliphatic heterocycles. The maximum absolute atomic E-state index is 12.5. The van der Waals surface area contributed by atoms with Gasteiger partial charge in [0.05, 0.1) is 5.56 Å². The summed E-state index contributed by atoms with van der Waals surface area (Å²) in [5.41, 5.74) is 1.03. The van der Waals surface area contributed by atoms with Gasteiger partial charge in [-0.25, -0.2) is 4.79 Å². The van der Waals surface area contributed by atoms with Gasteiger partial charge in [-0.1, -0.05) is 44.2 Å². The average molecular weight is 369 g/mol. The second-order valence-corrected chi connectivity index (χ2v) is 6.64. The van der Waals surface area contributed by atoms with Crippen molar-refractivity contribution in [1.82, 2.24) is 5.32 Å². The van der Waals surface area contributed by atoms with Crippen molar-refractivity contribution in [2.24, 2.45) is 5.92 Å². The van der Waals surface area contributed by atoms with Crippen LogP contribution in [0.1, 0.15) is 46.5 Å². The van der Waals surface area contributed by atoms with Crippen LogP contribution in [0.5, 0.6) is 5.75 Å². The number of aldehydes is 1. The lowest BCUT2D eigenvalue weighted by atomic mass is 10.0. The predicted molar refractivity (Wildman–Crippen MR) is 100 cm³/mol. The van der Waals surface area contributed by atoms with Crippen LogP contribution in [0.4, 0.5) is 0 Å². The first kappa shape index (κ1) is 20.2. The third kappa shape index (κ3) is 5.95. The molecule has 0 fully saturated rings. The molecule has 142 valence electrons. The second-order valence-electron chi connectivity index (χ2n) is 6.64. The Hall–Kier alpha value is -3.15. The minimum atomic E-state index is -0.861. The van der Waals surface area contributed by atoms with Gasteiger partial charge in [-0.2, -0.15) is 0 Å². The lowest BCUT2D eigenvalue weighted by Crippen LogP contribution is -2.42. The van der Waals surface area contributed by atoms with Crippen molar-refractivity contribution < 1.29 is 24.2 Å². The number of esters is 1. The summed E-state index contributed by atoms with van der Waals surface area (Å²) in [6.45, 7) is 3.96. The molecule has 2 N–H and O–H groups in total. The summed E-state index contributed by atoms with van der Waals surface area (Å²) in [5, 5.41) is 12.5. The van der Waals surface area contributed by atoms with Crippen LogP contribution < -0.4 is 5.32 Å². The molecule has 1 atom stereocenters. The zero-order valence-corrected chi connectivity index (χ0v) is 15.3. The number of aromatic hydroxyl groups is 1. The molecule has 0 bridgehead atoms. The number of phenolic OH excluding ortho intramolecular Hbond substituents is 1. The van der Waals surface area contributed by atoms with Crippen molar-refractivity contribution in [2.45, 2.75) is 32.9 Å². The average Bonchev–Trinajstić information content (AvgIpc) is 2.66. The van der Waals surface area contributed by atoms with Crippen molar-refractivity contribution in [3.05, 3.63) is 65.2 Å². The highest BCUT2D eigenvalue weighted by Gasteiger charge is 2.25. The molecule has 0 aromatic heterocycles. The van der Waals surface area contributed by atoms with E-state index in [9.17, 15) is 19.5 Å². The molecule has 0 saturated heterocycles. The number of benzene rings is 2. The number of hydrogen-bond acceptors (Lipinski definition) is 5. The van der Waals surface area contributed by atoms with Crippen LogP contribution in [0.25, 0.3) is 0 Å². The zero-order valence-electron chi connectivity index (χ0n) is 15.3. The first-order valence-corrected chi connectivity index (χ1v) is 8.70. The van der Waals surface area contributed by atoms with Crippen LogP contribution in [-0.2, 0) is 16.1 Å². The third-order valence-corrected chi connectivity index (χ3v) is 3.92. The monoisotopic (exact) mass is 369 g/mol. The number of carbonyl (C=O) groups is 3. The molecule has 2 aromatic rings. The van der Waals surface area contributed by atoms with E-state index >= 15 is 0 Å². The summed E-state index contributed by atoms with van der Waals surface area (Å²) in [4.78, 5) is 35.9. The quantitative estimate of drug-likeness (QED) is 0.551. The molecule has 0 heterocycles. The van der Waals surface area contributed by atoms with E-state index in [2.05, 4.69) is 5.32 Å². The summed E-state index contributed by atoms with van der Waals surface area (Å²) in [7, 11) is 0. The Kier molecular flexibility index (Phi) is 7.11. The molecule has 0 spiro atoms. The van der Waals surface area contributed by atoms with Crippen LogP contribution in [-0.4, -0.2) is 29.3 Å². The largest absolute Gasteiger partial charge is 0.507 e. The van der Waals surface area contributed by atoms with E-state index < -0.39 is 17.9 Å². The molecular weight excluding hydrogens is 346 g/mol. The summed E-state index contributed by atoms with van der Waals surface area (Å²) in [5.74, 6) is -1.32. The van der Waals surface area contributed by atoms with Gasteiger partial charge in [0.25, 0.3) is 5.91 Å². The second kappa shape index (κ2) is 9.52. The number of phenols is 1. The highest BCUT2D eigenvalue weighted by molar-refractivity contribution is 6.00. The van der Waals surface area contributed by atoms with E-state index in [-0.39, 0.29) is 29.4 Å². The molecule has 0 unspecified atom stereocenters. The third-order valence-electron chi connectivity index (χ3n) is 3.92. The van der Waals surface area contributed by atoms with Gasteiger partial charge in [-0.3, -0.25) is 9.59 Å². The highest BCUT2D eigenvalue weighted by atomic mass is 16.5. The van der Waals surface area contributed by atoms with Crippen molar-refractivity contribution in [3.8, 4) is 5.75 Å². The molecule has 27 heavy (non-hydrogen) atoms. The van der Waals surface area contributed by atoms with Gasteiger partial charge in [-0.05, 0) is 36.1 Å². The Balaban J connectivity index is 2.10. The van der Waals surface area contributed by atoms with Crippen LogP contribution in [0, 0.1) is 5.92 Å². The fraction of sp³-hybridized carbons (Fsp3) is 0.286.